The fourth-order valence-electron chi connectivity index (χ4n) is 9.56. The van der Waals surface area contributed by atoms with Gasteiger partial charge in [0.25, 0.3) is 0 Å². The second-order valence-corrected chi connectivity index (χ2v) is 13.2. The van der Waals surface area contributed by atoms with E-state index in [1.54, 1.807) is 0 Å². The number of fused-ring (bicyclic) bond motifs is 5. The van der Waals surface area contributed by atoms with Gasteiger partial charge in [0.15, 0.2) is 0 Å². The standard InChI is InChI=1S/C30H52O/c1-7-19-31-24-15-17-29(5)23(20-24)11-12-25-27-14-13-26(22(4)10-8-9-21(2)3)30(27,6)18-16-28(25)29/h7,19,21-28H,8-18,20H2,1-6H3/b19-7-/t22-,23+,24-,25+,26-,27+,28+,29+,30-/m1/s1. The lowest BCUT2D eigenvalue weighted by Crippen LogP contribution is -2.54. The first-order chi connectivity index (χ1) is 14.8. The van der Waals surface area contributed by atoms with Crippen LogP contribution in [0.5, 0.6) is 0 Å². The molecule has 0 amide bonds. The van der Waals surface area contributed by atoms with Crippen molar-refractivity contribution >= 4 is 0 Å². The zero-order chi connectivity index (χ0) is 22.2. The second kappa shape index (κ2) is 9.42. The molecule has 178 valence electrons. The van der Waals surface area contributed by atoms with Crippen LogP contribution >= 0.6 is 0 Å². The molecule has 4 rings (SSSR count). The molecule has 0 aromatic heterocycles. The van der Waals surface area contributed by atoms with Crippen molar-refractivity contribution in [1.29, 1.82) is 0 Å². The van der Waals surface area contributed by atoms with Crippen molar-refractivity contribution in [1.82, 2.24) is 0 Å². The van der Waals surface area contributed by atoms with Crippen LogP contribution < -0.4 is 0 Å². The lowest BCUT2D eigenvalue weighted by Gasteiger charge is -2.61. The van der Waals surface area contributed by atoms with Gasteiger partial charge in [-0.15, -0.1) is 0 Å². The Morgan fingerprint density at radius 2 is 1.61 bits per heavy atom. The van der Waals surface area contributed by atoms with Gasteiger partial charge >= 0.3 is 0 Å². The van der Waals surface area contributed by atoms with E-state index in [1.807, 2.05) is 12.3 Å². The Hall–Kier alpha value is -0.460. The lowest BCUT2D eigenvalue weighted by atomic mass is 9.44. The van der Waals surface area contributed by atoms with E-state index >= 15 is 0 Å². The molecule has 4 saturated carbocycles. The van der Waals surface area contributed by atoms with E-state index in [1.165, 1.54) is 77.0 Å². The number of ether oxygens (including phenoxy) is 1. The van der Waals surface area contributed by atoms with Crippen LogP contribution in [0, 0.1) is 52.3 Å². The number of allylic oxidation sites excluding steroid dienone is 1. The van der Waals surface area contributed by atoms with Crippen LogP contribution in [0.2, 0.25) is 0 Å². The van der Waals surface area contributed by atoms with Gasteiger partial charge in [0.2, 0.25) is 0 Å². The van der Waals surface area contributed by atoms with Gasteiger partial charge in [-0.1, -0.05) is 60.0 Å². The van der Waals surface area contributed by atoms with E-state index in [0.717, 1.165) is 41.4 Å². The Bertz CT molecular complexity index is 622. The third-order valence-corrected chi connectivity index (χ3v) is 11.2. The first-order valence-electron chi connectivity index (χ1n) is 14.1. The average molecular weight is 429 g/mol. The minimum absolute atomic E-state index is 0.474. The zero-order valence-corrected chi connectivity index (χ0v) is 21.7. The van der Waals surface area contributed by atoms with Crippen molar-refractivity contribution < 1.29 is 4.74 Å². The highest BCUT2D eigenvalue weighted by atomic mass is 16.5. The molecule has 0 bridgehead atoms. The van der Waals surface area contributed by atoms with Crippen LogP contribution in [0.15, 0.2) is 12.3 Å². The SMILES string of the molecule is C/C=C\O[C@@H]1CC[C@@]2(C)[C@@H](CC[C@@H]3[C@@H]2CC[C@]2(C)[C@@H]([C@H](C)CCCC(C)C)CC[C@@H]32)C1. The fraction of sp³-hybridized carbons (Fsp3) is 0.933. The van der Waals surface area contributed by atoms with Gasteiger partial charge in [-0.3, -0.25) is 0 Å². The van der Waals surface area contributed by atoms with Crippen LogP contribution in [0.4, 0.5) is 0 Å². The van der Waals surface area contributed by atoms with Gasteiger partial charge in [0.05, 0.1) is 12.4 Å². The Labute approximate surface area is 194 Å². The van der Waals surface area contributed by atoms with E-state index in [9.17, 15) is 0 Å². The highest BCUT2D eigenvalue weighted by Gasteiger charge is 2.60. The molecule has 0 aromatic carbocycles. The van der Waals surface area contributed by atoms with Crippen molar-refractivity contribution in [3.63, 3.8) is 0 Å². The van der Waals surface area contributed by atoms with Gasteiger partial charge in [-0.25, -0.2) is 0 Å². The Balaban J connectivity index is 1.43. The smallest absolute Gasteiger partial charge is 0.0981 e. The minimum atomic E-state index is 0.474. The molecule has 31 heavy (non-hydrogen) atoms. The van der Waals surface area contributed by atoms with Gasteiger partial charge in [-0.05, 0) is 117 Å². The molecule has 1 heteroatoms. The molecule has 0 spiro atoms. The van der Waals surface area contributed by atoms with Crippen LogP contribution in [0.25, 0.3) is 0 Å². The van der Waals surface area contributed by atoms with Gasteiger partial charge in [0.1, 0.15) is 0 Å². The molecule has 4 aliphatic carbocycles. The Morgan fingerprint density at radius 3 is 2.35 bits per heavy atom. The molecule has 1 nitrogen and oxygen atoms in total. The quantitative estimate of drug-likeness (QED) is 0.367. The summed E-state index contributed by atoms with van der Waals surface area (Å²) in [4.78, 5) is 0. The van der Waals surface area contributed by atoms with Crippen LogP contribution in [-0.2, 0) is 4.74 Å². The van der Waals surface area contributed by atoms with Crippen LogP contribution in [0.1, 0.15) is 119 Å². The van der Waals surface area contributed by atoms with Crippen molar-refractivity contribution in [3.05, 3.63) is 12.3 Å². The maximum atomic E-state index is 6.05. The third-order valence-electron chi connectivity index (χ3n) is 11.2. The molecular weight excluding hydrogens is 376 g/mol. The number of rotatable bonds is 7. The maximum absolute atomic E-state index is 6.05. The van der Waals surface area contributed by atoms with Gasteiger partial charge in [-0.2, -0.15) is 0 Å². The second-order valence-electron chi connectivity index (χ2n) is 13.2. The van der Waals surface area contributed by atoms with E-state index in [-0.39, 0.29) is 0 Å². The van der Waals surface area contributed by atoms with E-state index in [4.69, 9.17) is 4.74 Å². The fourth-order valence-corrected chi connectivity index (χ4v) is 9.56. The maximum Gasteiger partial charge on any atom is 0.0981 e. The molecule has 0 aliphatic heterocycles. The van der Waals surface area contributed by atoms with Gasteiger partial charge < -0.3 is 4.74 Å². The minimum Gasteiger partial charge on any atom is -0.498 e. The van der Waals surface area contributed by atoms with Crippen molar-refractivity contribution in [2.45, 2.75) is 125 Å². The van der Waals surface area contributed by atoms with Crippen molar-refractivity contribution in [2.24, 2.45) is 52.3 Å². The monoisotopic (exact) mass is 428 g/mol. The molecule has 0 saturated heterocycles. The zero-order valence-electron chi connectivity index (χ0n) is 21.7. The van der Waals surface area contributed by atoms with Crippen molar-refractivity contribution in [2.75, 3.05) is 0 Å². The summed E-state index contributed by atoms with van der Waals surface area (Å²) in [6, 6.07) is 0. The first kappa shape index (κ1) is 23.7. The summed E-state index contributed by atoms with van der Waals surface area (Å²) in [6.45, 7) is 14.9. The molecule has 0 N–H and O–H groups in total. The summed E-state index contributed by atoms with van der Waals surface area (Å²) in [5.74, 6) is 6.69. The lowest BCUT2D eigenvalue weighted by molar-refractivity contribution is -0.130. The molecular formula is C30H52O. The number of hydrogen-bond acceptors (Lipinski definition) is 1. The average Bonchev–Trinajstić information content (AvgIpc) is 3.09. The number of hydrogen-bond donors (Lipinski definition) is 0. The normalized spacial score (nSPS) is 45.9. The largest absolute Gasteiger partial charge is 0.498 e. The summed E-state index contributed by atoms with van der Waals surface area (Å²) in [5, 5.41) is 0. The predicted octanol–water partition coefficient (Wildman–Crippen LogP) is 9.03. The topological polar surface area (TPSA) is 9.23 Å². The first-order valence-corrected chi connectivity index (χ1v) is 14.1. The summed E-state index contributed by atoms with van der Waals surface area (Å²) in [6.07, 6.45) is 21.8. The summed E-state index contributed by atoms with van der Waals surface area (Å²) in [7, 11) is 0. The van der Waals surface area contributed by atoms with E-state index in [2.05, 4.69) is 41.5 Å². The molecule has 0 heterocycles. The van der Waals surface area contributed by atoms with Crippen LogP contribution in [0.3, 0.4) is 0 Å². The molecule has 4 aliphatic rings. The van der Waals surface area contributed by atoms with Gasteiger partial charge in [0, 0.05) is 0 Å². The van der Waals surface area contributed by atoms with Crippen molar-refractivity contribution in [3.8, 4) is 0 Å². The summed E-state index contributed by atoms with van der Waals surface area (Å²) < 4.78 is 6.05. The highest BCUT2D eigenvalue weighted by Crippen LogP contribution is 2.68. The molecule has 0 unspecified atom stereocenters. The summed E-state index contributed by atoms with van der Waals surface area (Å²) >= 11 is 0. The molecule has 4 fully saturated rings. The Kier molecular flexibility index (Phi) is 7.20. The third kappa shape index (κ3) is 4.38. The van der Waals surface area contributed by atoms with E-state index in [0.29, 0.717) is 16.9 Å². The Morgan fingerprint density at radius 1 is 0.871 bits per heavy atom. The highest BCUT2D eigenvalue weighted by molar-refractivity contribution is 5.09. The predicted molar refractivity (Wildman–Crippen MR) is 133 cm³/mol. The summed E-state index contributed by atoms with van der Waals surface area (Å²) in [5.41, 5.74) is 1.22. The molecule has 0 radical (unpaired) electrons. The van der Waals surface area contributed by atoms with Crippen LogP contribution in [-0.4, -0.2) is 6.10 Å². The molecule has 0 aromatic rings. The molecule has 9 atom stereocenters. The van der Waals surface area contributed by atoms with E-state index < -0.39 is 0 Å².